The molecule has 0 aromatic carbocycles. The number of piperidine rings is 1. The molecule has 20 heavy (non-hydrogen) atoms. The van der Waals surface area contributed by atoms with E-state index in [1.807, 2.05) is 6.20 Å². The van der Waals surface area contributed by atoms with Gasteiger partial charge < -0.3 is 5.32 Å². The average Bonchev–Trinajstić information content (AvgIpc) is 2.85. The molecule has 1 saturated heterocycles. The number of carbonyl (C=O) groups excluding carboxylic acids is 1. The Labute approximate surface area is 125 Å². The summed E-state index contributed by atoms with van der Waals surface area (Å²) in [4.78, 5) is 20.0. The van der Waals surface area contributed by atoms with Gasteiger partial charge in [0, 0.05) is 31.1 Å². The molecule has 1 amide bonds. The lowest BCUT2D eigenvalue weighted by Gasteiger charge is -2.33. The summed E-state index contributed by atoms with van der Waals surface area (Å²) in [5.74, 6) is 0.791. The highest BCUT2D eigenvalue weighted by molar-refractivity contribution is 7.11. The van der Waals surface area contributed by atoms with E-state index in [2.05, 4.69) is 29.0 Å². The van der Waals surface area contributed by atoms with E-state index in [9.17, 15) is 4.79 Å². The van der Waals surface area contributed by atoms with Gasteiger partial charge in [0.2, 0.25) is 5.91 Å². The van der Waals surface area contributed by atoms with Gasteiger partial charge in [-0.15, -0.1) is 11.3 Å². The summed E-state index contributed by atoms with van der Waals surface area (Å²) < 4.78 is 0. The van der Waals surface area contributed by atoms with E-state index in [0.717, 1.165) is 32.4 Å². The Hall–Kier alpha value is -0.940. The fourth-order valence-corrected chi connectivity index (χ4v) is 3.87. The van der Waals surface area contributed by atoms with Gasteiger partial charge in [0.1, 0.15) is 0 Å². The SMILES string of the molecule is CNC(=O)[C@@H]1CCCCN1Cc1cnc(CC(C)C)s1. The molecule has 1 aromatic rings. The first-order valence-electron chi connectivity index (χ1n) is 7.49. The summed E-state index contributed by atoms with van der Waals surface area (Å²) in [7, 11) is 1.72. The van der Waals surface area contributed by atoms with Crippen LogP contribution in [-0.4, -0.2) is 35.4 Å². The number of nitrogens with one attached hydrogen (secondary N) is 1. The van der Waals surface area contributed by atoms with Crippen molar-refractivity contribution in [1.82, 2.24) is 15.2 Å². The Morgan fingerprint density at radius 3 is 3.05 bits per heavy atom. The molecule has 1 aliphatic heterocycles. The van der Waals surface area contributed by atoms with Crippen LogP contribution in [0.5, 0.6) is 0 Å². The molecule has 2 rings (SSSR count). The van der Waals surface area contributed by atoms with Gasteiger partial charge in [-0.2, -0.15) is 0 Å². The first kappa shape index (κ1) is 15.4. The van der Waals surface area contributed by atoms with Crippen LogP contribution in [-0.2, 0) is 17.8 Å². The maximum Gasteiger partial charge on any atom is 0.237 e. The van der Waals surface area contributed by atoms with E-state index in [0.29, 0.717) is 5.92 Å². The van der Waals surface area contributed by atoms with Gasteiger partial charge in [-0.25, -0.2) is 4.98 Å². The first-order valence-corrected chi connectivity index (χ1v) is 8.31. The number of carbonyl (C=O) groups is 1. The topological polar surface area (TPSA) is 45.2 Å². The lowest BCUT2D eigenvalue weighted by atomic mass is 10.0. The van der Waals surface area contributed by atoms with Crippen LogP contribution >= 0.6 is 11.3 Å². The van der Waals surface area contributed by atoms with E-state index in [1.165, 1.54) is 16.3 Å². The van der Waals surface area contributed by atoms with Gasteiger partial charge in [0.15, 0.2) is 0 Å². The fraction of sp³-hybridized carbons (Fsp3) is 0.733. The monoisotopic (exact) mass is 295 g/mol. The summed E-state index contributed by atoms with van der Waals surface area (Å²) in [6.45, 7) is 6.30. The molecule has 4 nitrogen and oxygen atoms in total. The van der Waals surface area contributed by atoms with Crippen LogP contribution in [0.4, 0.5) is 0 Å². The number of hydrogen-bond acceptors (Lipinski definition) is 4. The van der Waals surface area contributed by atoms with Crippen molar-refractivity contribution in [2.24, 2.45) is 5.92 Å². The van der Waals surface area contributed by atoms with Gasteiger partial charge in [-0.05, 0) is 25.3 Å². The molecule has 0 aliphatic carbocycles. The summed E-state index contributed by atoms with van der Waals surface area (Å²) >= 11 is 1.79. The van der Waals surface area contributed by atoms with Crippen LogP contribution in [0.3, 0.4) is 0 Å². The number of amides is 1. The van der Waals surface area contributed by atoms with Crippen LogP contribution in [0, 0.1) is 5.92 Å². The predicted octanol–water partition coefficient (Wildman–Crippen LogP) is 2.44. The van der Waals surface area contributed by atoms with Crippen molar-refractivity contribution in [3.05, 3.63) is 16.1 Å². The smallest absolute Gasteiger partial charge is 0.237 e. The van der Waals surface area contributed by atoms with E-state index < -0.39 is 0 Å². The quantitative estimate of drug-likeness (QED) is 0.907. The zero-order valence-corrected chi connectivity index (χ0v) is 13.5. The zero-order valence-electron chi connectivity index (χ0n) is 12.7. The Kier molecular flexibility index (Phi) is 5.54. The highest BCUT2D eigenvalue weighted by Gasteiger charge is 2.28. The van der Waals surface area contributed by atoms with Gasteiger partial charge in [0.25, 0.3) is 0 Å². The second-order valence-electron chi connectivity index (χ2n) is 5.91. The third kappa shape index (κ3) is 4.03. The molecule has 1 N–H and O–H groups in total. The second-order valence-corrected chi connectivity index (χ2v) is 7.11. The molecular weight excluding hydrogens is 270 g/mol. The van der Waals surface area contributed by atoms with Crippen LogP contribution in [0.2, 0.25) is 0 Å². The minimum atomic E-state index is 0.0319. The van der Waals surface area contributed by atoms with Crippen LogP contribution < -0.4 is 5.32 Å². The molecule has 0 spiro atoms. The molecule has 1 aliphatic rings. The Morgan fingerprint density at radius 1 is 1.55 bits per heavy atom. The highest BCUT2D eigenvalue weighted by Crippen LogP contribution is 2.23. The summed E-state index contributed by atoms with van der Waals surface area (Å²) in [6, 6.07) is 0.0319. The third-order valence-electron chi connectivity index (χ3n) is 3.71. The van der Waals surface area contributed by atoms with Crippen molar-refractivity contribution in [1.29, 1.82) is 0 Å². The standard InChI is InChI=1S/C15H25N3OS/c1-11(2)8-14-17-9-12(20-14)10-18-7-5-4-6-13(18)15(19)16-3/h9,11,13H,4-8,10H2,1-3H3,(H,16,19)/t13-/m0/s1. The lowest BCUT2D eigenvalue weighted by Crippen LogP contribution is -2.48. The van der Waals surface area contributed by atoms with Crippen molar-refractivity contribution >= 4 is 17.2 Å². The number of likely N-dealkylation sites (N-methyl/N-ethyl adjacent to an activating group) is 1. The van der Waals surface area contributed by atoms with E-state index in [-0.39, 0.29) is 11.9 Å². The van der Waals surface area contributed by atoms with Crippen LogP contribution in [0.25, 0.3) is 0 Å². The lowest BCUT2D eigenvalue weighted by molar-refractivity contribution is -0.127. The number of hydrogen-bond donors (Lipinski definition) is 1. The van der Waals surface area contributed by atoms with E-state index >= 15 is 0 Å². The number of nitrogens with zero attached hydrogens (tertiary/aromatic N) is 2. The Morgan fingerprint density at radius 2 is 2.35 bits per heavy atom. The average molecular weight is 295 g/mol. The maximum absolute atomic E-state index is 12.0. The van der Waals surface area contributed by atoms with Gasteiger partial charge in [0.05, 0.1) is 11.0 Å². The summed E-state index contributed by atoms with van der Waals surface area (Å²) in [6.07, 6.45) is 6.33. The van der Waals surface area contributed by atoms with Crippen molar-refractivity contribution in [3.63, 3.8) is 0 Å². The molecule has 112 valence electrons. The van der Waals surface area contributed by atoms with E-state index in [1.54, 1.807) is 18.4 Å². The molecule has 1 fully saturated rings. The normalized spacial score (nSPS) is 20.3. The molecule has 0 unspecified atom stereocenters. The molecule has 2 heterocycles. The van der Waals surface area contributed by atoms with Crippen LogP contribution in [0.15, 0.2) is 6.20 Å². The predicted molar refractivity (Wildman–Crippen MR) is 82.8 cm³/mol. The zero-order chi connectivity index (χ0) is 14.5. The Balaban J connectivity index is 1.99. The number of rotatable bonds is 5. The van der Waals surface area contributed by atoms with E-state index in [4.69, 9.17) is 0 Å². The van der Waals surface area contributed by atoms with Gasteiger partial charge in [-0.3, -0.25) is 9.69 Å². The molecule has 0 saturated carbocycles. The summed E-state index contributed by atoms with van der Waals surface area (Å²) in [5.41, 5.74) is 0. The summed E-state index contributed by atoms with van der Waals surface area (Å²) in [5, 5.41) is 4.00. The van der Waals surface area contributed by atoms with Crippen molar-refractivity contribution in [2.45, 2.75) is 52.1 Å². The second kappa shape index (κ2) is 7.18. The van der Waals surface area contributed by atoms with Crippen molar-refractivity contribution in [3.8, 4) is 0 Å². The molecule has 1 aromatic heterocycles. The minimum absolute atomic E-state index is 0.0319. The first-order chi connectivity index (χ1) is 9.60. The molecular formula is C15H25N3OS. The Bertz CT molecular complexity index is 444. The minimum Gasteiger partial charge on any atom is -0.358 e. The third-order valence-corrected chi connectivity index (χ3v) is 4.71. The van der Waals surface area contributed by atoms with Gasteiger partial charge in [-0.1, -0.05) is 20.3 Å². The molecule has 1 atom stereocenters. The van der Waals surface area contributed by atoms with Crippen molar-refractivity contribution in [2.75, 3.05) is 13.6 Å². The number of thiazole rings is 1. The fourth-order valence-electron chi connectivity index (χ4n) is 2.71. The van der Waals surface area contributed by atoms with Crippen LogP contribution in [0.1, 0.15) is 43.0 Å². The van der Waals surface area contributed by atoms with Crippen molar-refractivity contribution < 1.29 is 4.79 Å². The maximum atomic E-state index is 12.0. The molecule has 5 heteroatoms. The molecule has 0 bridgehead atoms. The molecule has 0 radical (unpaired) electrons. The van der Waals surface area contributed by atoms with Gasteiger partial charge >= 0.3 is 0 Å². The number of likely N-dealkylation sites (tertiary alicyclic amines) is 1. The highest BCUT2D eigenvalue weighted by atomic mass is 32.1. The largest absolute Gasteiger partial charge is 0.358 e. The number of aromatic nitrogens is 1.